The lowest BCUT2D eigenvalue weighted by Crippen LogP contribution is -2.48. The smallest absolute Gasteiger partial charge is 0.367 e. The zero-order valence-corrected chi connectivity index (χ0v) is 14.1. The van der Waals surface area contributed by atoms with E-state index in [1.165, 1.54) is 12.1 Å². The van der Waals surface area contributed by atoms with E-state index in [0.29, 0.717) is 19.5 Å². The predicted octanol–water partition coefficient (Wildman–Crippen LogP) is 3.33. The summed E-state index contributed by atoms with van der Waals surface area (Å²) in [6.45, 7) is 6.16. The summed E-state index contributed by atoms with van der Waals surface area (Å²) in [5.41, 5.74) is 5.66. The first kappa shape index (κ1) is 18.7. The topological polar surface area (TPSA) is 55.6 Å². The van der Waals surface area contributed by atoms with Gasteiger partial charge in [-0.25, -0.2) is 4.79 Å². The lowest BCUT2D eigenvalue weighted by molar-refractivity contribution is -0.205. The Morgan fingerprint density at radius 2 is 1.79 bits per heavy atom. The number of hydrogen-bond donors (Lipinski definition) is 1. The van der Waals surface area contributed by atoms with E-state index >= 15 is 0 Å². The molecule has 2 N–H and O–H groups in total. The summed E-state index contributed by atoms with van der Waals surface area (Å²) in [6, 6.07) is 4.79. The molecule has 0 radical (unpaired) electrons. The Balaban J connectivity index is 2.00. The van der Waals surface area contributed by atoms with Crippen molar-refractivity contribution in [2.24, 2.45) is 11.1 Å². The molecule has 1 fully saturated rings. The Morgan fingerprint density at radius 1 is 1.21 bits per heavy atom. The fourth-order valence-corrected chi connectivity index (χ4v) is 2.62. The summed E-state index contributed by atoms with van der Waals surface area (Å²) in [7, 11) is 0. The Labute approximate surface area is 139 Å². The van der Waals surface area contributed by atoms with E-state index in [1.54, 1.807) is 25.8 Å². The van der Waals surface area contributed by atoms with E-state index in [2.05, 4.69) is 0 Å². The molecule has 24 heavy (non-hydrogen) atoms. The second-order valence-corrected chi connectivity index (χ2v) is 7.20. The second-order valence-electron chi connectivity index (χ2n) is 7.20. The molecule has 1 aromatic rings. The van der Waals surface area contributed by atoms with Crippen molar-refractivity contribution in [2.75, 3.05) is 13.1 Å². The number of piperidine rings is 1. The van der Waals surface area contributed by atoms with Crippen molar-refractivity contribution in [1.82, 2.24) is 5.06 Å². The molecule has 2 rings (SSSR count). The minimum atomic E-state index is -4.34. The third kappa shape index (κ3) is 4.48. The fourth-order valence-electron chi connectivity index (χ4n) is 2.62. The number of nitrogens with zero attached hydrogens (tertiary/aromatic N) is 1. The van der Waals surface area contributed by atoms with Crippen LogP contribution in [0.5, 0.6) is 0 Å². The van der Waals surface area contributed by atoms with Gasteiger partial charge in [-0.1, -0.05) is 12.1 Å². The van der Waals surface area contributed by atoms with Gasteiger partial charge >= 0.3 is 12.1 Å². The van der Waals surface area contributed by atoms with Crippen LogP contribution in [0.25, 0.3) is 0 Å². The molecule has 0 saturated carbocycles. The largest absolute Gasteiger partial charge is 0.416 e. The maximum Gasteiger partial charge on any atom is 0.416 e. The summed E-state index contributed by atoms with van der Waals surface area (Å²) < 4.78 is 37.9. The molecule has 7 heteroatoms. The van der Waals surface area contributed by atoms with E-state index in [-0.39, 0.29) is 17.9 Å². The minimum absolute atomic E-state index is 0.0585. The number of alkyl halides is 3. The molecule has 4 nitrogen and oxygen atoms in total. The molecular weight excluding hydrogens is 321 g/mol. The van der Waals surface area contributed by atoms with Crippen molar-refractivity contribution in [3.05, 3.63) is 35.4 Å². The SMILES string of the molecule is CC(C)(C)C(=O)ON1CCC(c2ccc(C(F)(F)F)cc2)C(N)C1. The van der Waals surface area contributed by atoms with Gasteiger partial charge in [-0.3, -0.25) is 0 Å². The van der Waals surface area contributed by atoms with Gasteiger partial charge in [0.05, 0.1) is 17.5 Å². The average Bonchev–Trinajstić information content (AvgIpc) is 2.45. The first-order valence-corrected chi connectivity index (χ1v) is 7.88. The van der Waals surface area contributed by atoms with E-state index in [4.69, 9.17) is 10.6 Å². The molecule has 1 heterocycles. The van der Waals surface area contributed by atoms with Gasteiger partial charge in [-0.15, -0.1) is 5.06 Å². The van der Waals surface area contributed by atoms with Gasteiger partial charge in [-0.05, 0) is 44.9 Å². The van der Waals surface area contributed by atoms with Gasteiger partial charge in [0.1, 0.15) is 0 Å². The Kier molecular flexibility index (Phi) is 5.25. The summed E-state index contributed by atoms with van der Waals surface area (Å²) in [4.78, 5) is 17.3. The van der Waals surface area contributed by atoms with Crippen molar-refractivity contribution in [1.29, 1.82) is 0 Å². The molecule has 1 aromatic carbocycles. The van der Waals surface area contributed by atoms with Crippen molar-refractivity contribution in [3.63, 3.8) is 0 Å². The van der Waals surface area contributed by atoms with E-state index in [0.717, 1.165) is 17.7 Å². The van der Waals surface area contributed by atoms with E-state index < -0.39 is 17.2 Å². The number of carbonyl (C=O) groups is 1. The Bertz CT molecular complexity index is 579. The summed E-state index contributed by atoms with van der Waals surface area (Å²) in [5, 5.41) is 1.54. The third-order valence-corrected chi connectivity index (χ3v) is 4.11. The molecule has 0 aliphatic carbocycles. The molecule has 134 valence electrons. The van der Waals surface area contributed by atoms with E-state index in [9.17, 15) is 18.0 Å². The second kappa shape index (κ2) is 6.72. The molecule has 1 aliphatic heterocycles. The van der Waals surface area contributed by atoms with Crippen LogP contribution < -0.4 is 5.73 Å². The van der Waals surface area contributed by atoms with Gasteiger partial charge < -0.3 is 10.6 Å². The van der Waals surface area contributed by atoms with Crippen LogP contribution in [-0.2, 0) is 15.8 Å². The molecule has 0 bridgehead atoms. The first-order chi connectivity index (χ1) is 11.0. The van der Waals surface area contributed by atoms with Gasteiger partial charge in [0.2, 0.25) is 0 Å². The van der Waals surface area contributed by atoms with Gasteiger partial charge in [-0.2, -0.15) is 13.2 Å². The quantitative estimate of drug-likeness (QED) is 0.894. The van der Waals surface area contributed by atoms with Crippen LogP contribution in [0.4, 0.5) is 13.2 Å². The number of hydroxylamine groups is 2. The molecule has 0 amide bonds. The predicted molar refractivity (Wildman–Crippen MR) is 83.9 cm³/mol. The highest BCUT2D eigenvalue weighted by atomic mass is 19.4. The molecule has 2 unspecified atom stereocenters. The highest BCUT2D eigenvalue weighted by Gasteiger charge is 2.34. The molecule has 1 aliphatic rings. The molecule has 0 spiro atoms. The summed E-state index contributed by atoms with van der Waals surface area (Å²) in [5.74, 6) is -0.389. The van der Waals surface area contributed by atoms with Gasteiger partial charge in [0, 0.05) is 18.5 Å². The Hall–Kier alpha value is -1.60. The van der Waals surface area contributed by atoms with Crippen LogP contribution in [0.15, 0.2) is 24.3 Å². The van der Waals surface area contributed by atoms with Crippen molar-refractivity contribution in [3.8, 4) is 0 Å². The van der Waals surface area contributed by atoms with Crippen molar-refractivity contribution < 1.29 is 22.8 Å². The van der Waals surface area contributed by atoms with Crippen LogP contribution in [0.2, 0.25) is 0 Å². The lowest BCUT2D eigenvalue weighted by atomic mass is 9.86. The van der Waals surface area contributed by atoms with Crippen molar-refractivity contribution in [2.45, 2.75) is 45.3 Å². The minimum Gasteiger partial charge on any atom is -0.367 e. The number of carbonyl (C=O) groups excluding carboxylic acids is 1. The first-order valence-electron chi connectivity index (χ1n) is 7.88. The lowest BCUT2D eigenvalue weighted by Gasteiger charge is -2.36. The average molecular weight is 344 g/mol. The highest BCUT2D eigenvalue weighted by molar-refractivity contribution is 5.75. The van der Waals surface area contributed by atoms with Crippen LogP contribution in [0, 0.1) is 5.41 Å². The van der Waals surface area contributed by atoms with Gasteiger partial charge in [0.15, 0.2) is 0 Å². The molecular formula is C17H23F3N2O2. The maximum atomic E-state index is 12.6. The zero-order valence-electron chi connectivity index (χ0n) is 14.1. The van der Waals surface area contributed by atoms with Crippen LogP contribution >= 0.6 is 0 Å². The third-order valence-electron chi connectivity index (χ3n) is 4.11. The van der Waals surface area contributed by atoms with Crippen LogP contribution in [-0.4, -0.2) is 30.2 Å². The number of halogens is 3. The summed E-state index contributed by atoms with van der Waals surface area (Å²) >= 11 is 0. The number of rotatable bonds is 2. The molecule has 1 saturated heterocycles. The number of benzene rings is 1. The molecule has 0 aromatic heterocycles. The molecule has 2 atom stereocenters. The number of nitrogens with two attached hydrogens (primary N) is 1. The monoisotopic (exact) mass is 344 g/mol. The fraction of sp³-hybridized carbons (Fsp3) is 0.588. The van der Waals surface area contributed by atoms with Crippen LogP contribution in [0.1, 0.15) is 44.2 Å². The van der Waals surface area contributed by atoms with Gasteiger partial charge in [0.25, 0.3) is 0 Å². The van der Waals surface area contributed by atoms with Crippen molar-refractivity contribution >= 4 is 5.97 Å². The zero-order chi connectivity index (χ0) is 18.1. The number of hydrogen-bond acceptors (Lipinski definition) is 4. The summed E-state index contributed by atoms with van der Waals surface area (Å²) in [6.07, 6.45) is -3.73. The standard InChI is InChI=1S/C17H23F3N2O2/c1-16(2,3)15(23)24-22-9-8-13(14(21)10-22)11-4-6-12(7-5-11)17(18,19)20/h4-7,13-14H,8-10,21H2,1-3H3. The van der Waals surface area contributed by atoms with Crippen LogP contribution in [0.3, 0.4) is 0 Å². The Morgan fingerprint density at radius 3 is 2.25 bits per heavy atom. The normalized spacial score (nSPS) is 23.1. The van der Waals surface area contributed by atoms with E-state index in [1.807, 2.05) is 0 Å². The maximum absolute atomic E-state index is 12.6. The highest BCUT2D eigenvalue weighted by Crippen LogP contribution is 2.33.